The second kappa shape index (κ2) is 7.58. The van der Waals surface area contributed by atoms with Crippen molar-refractivity contribution in [3.8, 4) is 0 Å². The molecule has 110 valence electrons. The Morgan fingerprint density at radius 3 is 2.70 bits per heavy atom. The van der Waals surface area contributed by atoms with Gasteiger partial charge in [0.2, 0.25) is 0 Å². The minimum Gasteiger partial charge on any atom is -0.334 e. The number of hydrogen-bond donors (Lipinski definition) is 0. The third-order valence-electron chi connectivity index (χ3n) is 3.76. The molecule has 0 N–H and O–H groups in total. The maximum atomic E-state index is 12.8. The van der Waals surface area contributed by atoms with E-state index >= 15 is 0 Å². The van der Waals surface area contributed by atoms with Crippen molar-refractivity contribution in [2.75, 3.05) is 18.7 Å². The lowest BCUT2D eigenvalue weighted by Gasteiger charge is -2.28. The van der Waals surface area contributed by atoms with Gasteiger partial charge in [0.1, 0.15) is 0 Å². The SMILES string of the molecule is CSc1ccc(Cl)c(C(=O)N(CCCl)C2CCCC2)c1. The molecular weight excluding hydrogens is 313 g/mol. The summed E-state index contributed by atoms with van der Waals surface area (Å²) in [6.45, 7) is 0.588. The van der Waals surface area contributed by atoms with Crippen molar-refractivity contribution in [1.82, 2.24) is 4.90 Å². The Kier molecular flexibility index (Phi) is 6.06. The first-order valence-corrected chi connectivity index (χ1v) is 9.01. The number of carbonyl (C=O) groups is 1. The van der Waals surface area contributed by atoms with E-state index in [1.54, 1.807) is 17.8 Å². The highest BCUT2D eigenvalue weighted by Crippen LogP contribution is 2.28. The smallest absolute Gasteiger partial charge is 0.255 e. The van der Waals surface area contributed by atoms with Crippen LogP contribution >= 0.6 is 35.0 Å². The van der Waals surface area contributed by atoms with Gasteiger partial charge in [0.05, 0.1) is 10.6 Å². The van der Waals surface area contributed by atoms with E-state index in [0.717, 1.165) is 17.7 Å². The molecule has 0 aromatic heterocycles. The van der Waals surface area contributed by atoms with E-state index in [0.29, 0.717) is 29.1 Å². The van der Waals surface area contributed by atoms with Crippen LogP contribution in [0.3, 0.4) is 0 Å². The Bertz CT molecular complexity index is 475. The standard InChI is InChI=1S/C15H19Cl2NOS/c1-20-12-6-7-14(17)13(10-12)15(19)18(9-8-16)11-4-2-3-5-11/h6-7,10-11H,2-5,8-9H2,1H3. The van der Waals surface area contributed by atoms with E-state index in [9.17, 15) is 4.79 Å². The summed E-state index contributed by atoms with van der Waals surface area (Å²) in [4.78, 5) is 15.7. The minimum absolute atomic E-state index is 0.0125. The topological polar surface area (TPSA) is 20.3 Å². The number of rotatable bonds is 5. The molecule has 0 unspecified atom stereocenters. The van der Waals surface area contributed by atoms with E-state index in [1.165, 1.54) is 12.8 Å². The molecule has 0 spiro atoms. The second-order valence-corrected chi connectivity index (χ2v) is 6.64. The molecule has 2 rings (SSSR count). The Labute approximate surface area is 134 Å². The van der Waals surface area contributed by atoms with Crippen molar-refractivity contribution in [2.45, 2.75) is 36.6 Å². The first-order valence-electron chi connectivity index (χ1n) is 6.88. The zero-order valence-electron chi connectivity index (χ0n) is 11.6. The molecule has 1 aromatic carbocycles. The lowest BCUT2D eigenvalue weighted by Crippen LogP contribution is -2.40. The molecular formula is C15H19Cl2NOS. The number of thioether (sulfide) groups is 1. The molecule has 2 nitrogen and oxygen atoms in total. The average molecular weight is 332 g/mol. The molecule has 0 heterocycles. The Hall–Kier alpha value is -0.380. The highest BCUT2D eigenvalue weighted by molar-refractivity contribution is 7.98. The van der Waals surface area contributed by atoms with E-state index in [4.69, 9.17) is 23.2 Å². The molecule has 1 aliphatic rings. The van der Waals surface area contributed by atoms with E-state index < -0.39 is 0 Å². The van der Waals surface area contributed by atoms with Crippen LogP contribution in [0.25, 0.3) is 0 Å². The number of alkyl halides is 1. The molecule has 0 bridgehead atoms. The molecule has 0 saturated heterocycles. The first kappa shape index (κ1) is 16.0. The average Bonchev–Trinajstić information content (AvgIpc) is 2.98. The van der Waals surface area contributed by atoms with Gasteiger partial charge >= 0.3 is 0 Å². The summed E-state index contributed by atoms with van der Waals surface area (Å²) in [5.41, 5.74) is 0.593. The monoisotopic (exact) mass is 331 g/mol. The molecule has 0 radical (unpaired) electrons. The Balaban J connectivity index is 2.26. The van der Waals surface area contributed by atoms with Crippen molar-refractivity contribution in [1.29, 1.82) is 0 Å². The van der Waals surface area contributed by atoms with Crippen LogP contribution in [0.2, 0.25) is 5.02 Å². The normalized spacial score (nSPS) is 15.6. The van der Waals surface area contributed by atoms with Crippen LogP contribution in [0.4, 0.5) is 0 Å². The Morgan fingerprint density at radius 2 is 2.10 bits per heavy atom. The predicted octanol–water partition coefficient (Wildman–Crippen LogP) is 4.69. The summed E-state index contributed by atoms with van der Waals surface area (Å²) >= 11 is 13.7. The van der Waals surface area contributed by atoms with Crippen LogP contribution in [-0.4, -0.2) is 35.5 Å². The van der Waals surface area contributed by atoms with E-state index in [1.807, 2.05) is 23.3 Å². The van der Waals surface area contributed by atoms with Gasteiger partial charge in [-0.05, 0) is 37.3 Å². The summed E-state index contributed by atoms with van der Waals surface area (Å²) < 4.78 is 0. The molecule has 0 atom stereocenters. The molecule has 1 aromatic rings. The van der Waals surface area contributed by atoms with Crippen LogP contribution in [0.1, 0.15) is 36.0 Å². The highest BCUT2D eigenvalue weighted by atomic mass is 35.5. The second-order valence-electron chi connectivity index (χ2n) is 4.97. The van der Waals surface area contributed by atoms with Crippen molar-refractivity contribution in [2.24, 2.45) is 0 Å². The van der Waals surface area contributed by atoms with Crippen molar-refractivity contribution >= 4 is 40.9 Å². The number of nitrogens with zero attached hydrogens (tertiary/aromatic N) is 1. The van der Waals surface area contributed by atoms with Crippen LogP contribution in [0.15, 0.2) is 23.1 Å². The number of hydrogen-bond acceptors (Lipinski definition) is 2. The van der Waals surface area contributed by atoms with Gasteiger partial charge in [-0.1, -0.05) is 24.4 Å². The number of benzene rings is 1. The summed E-state index contributed by atoms with van der Waals surface area (Å²) in [5, 5.41) is 0.519. The fourth-order valence-corrected chi connectivity index (χ4v) is 3.53. The van der Waals surface area contributed by atoms with Crippen molar-refractivity contribution in [3.05, 3.63) is 28.8 Å². The summed E-state index contributed by atoms with van der Waals surface area (Å²) in [6, 6.07) is 5.93. The van der Waals surface area contributed by atoms with Gasteiger partial charge in [-0.15, -0.1) is 23.4 Å². The van der Waals surface area contributed by atoms with Gasteiger partial charge in [-0.3, -0.25) is 4.79 Å². The molecule has 5 heteroatoms. The van der Waals surface area contributed by atoms with E-state index in [2.05, 4.69) is 0 Å². The fourth-order valence-electron chi connectivity index (χ4n) is 2.71. The molecule has 1 saturated carbocycles. The number of amides is 1. The molecule has 0 aliphatic heterocycles. The molecule has 20 heavy (non-hydrogen) atoms. The minimum atomic E-state index is 0.0125. The fraction of sp³-hybridized carbons (Fsp3) is 0.533. The largest absolute Gasteiger partial charge is 0.334 e. The summed E-state index contributed by atoms with van der Waals surface area (Å²) in [6.07, 6.45) is 6.51. The maximum Gasteiger partial charge on any atom is 0.255 e. The van der Waals surface area contributed by atoms with Crippen molar-refractivity contribution < 1.29 is 4.79 Å². The zero-order valence-corrected chi connectivity index (χ0v) is 13.9. The summed E-state index contributed by atoms with van der Waals surface area (Å²) in [5.74, 6) is 0.473. The van der Waals surface area contributed by atoms with Gasteiger partial charge in [0.15, 0.2) is 0 Å². The molecule has 1 amide bonds. The highest BCUT2D eigenvalue weighted by Gasteiger charge is 2.28. The third-order valence-corrected chi connectivity index (χ3v) is 4.98. The van der Waals surface area contributed by atoms with Gasteiger partial charge in [0, 0.05) is 23.4 Å². The quantitative estimate of drug-likeness (QED) is 0.576. The van der Waals surface area contributed by atoms with Crippen LogP contribution in [-0.2, 0) is 0 Å². The van der Waals surface area contributed by atoms with Crippen LogP contribution in [0.5, 0.6) is 0 Å². The van der Waals surface area contributed by atoms with Gasteiger partial charge in [-0.25, -0.2) is 0 Å². The van der Waals surface area contributed by atoms with Gasteiger partial charge in [-0.2, -0.15) is 0 Å². The summed E-state index contributed by atoms with van der Waals surface area (Å²) in [7, 11) is 0. The van der Waals surface area contributed by atoms with Gasteiger partial charge < -0.3 is 4.90 Å². The lowest BCUT2D eigenvalue weighted by atomic mass is 10.1. The molecule has 1 aliphatic carbocycles. The number of halogens is 2. The Morgan fingerprint density at radius 1 is 1.40 bits per heavy atom. The van der Waals surface area contributed by atoms with Crippen molar-refractivity contribution in [3.63, 3.8) is 0 Å². The van der Waals surface area contributed by atoms with Crippen LogP contribution < -0.4 is 0 Å². The van der Waals surface area contributed by atoms with Gasteiger partial charge in [0.25, 0.3) is 5.91 Å². The third kappa shape index (κ3) is 3.63. The van der Waals surface area contributed by atoms with Crippen LogP contribution in [0, 0.1) is 0 Å². The maximum absolute atomic E-state index is 12.8. The van der Waals surface area contributed by atoms with E-state index in [-0.39, 0.29) is 5.91 Å². The lowest BCUT2D eigenvalue weighted by molar-refractivity contribution is 0.0695. The first-order chi connectivity index (χ1) is 9.67. The molecule has 1 fully saturated rings. The number of carbonyl (C=O) groups excluding carboxylic acids is 1. The predicted molar refractivity (Wildman–Crippen MR) is 87.2 cm³/mol. The zero-order chi connectivity index (χ0) is 14.5.